The molecule has 0 saturated carbocycles. The summed E-state index contributed by atoms with van der Waals surface area (Å²) in [6.45, 7) is 6.58. The summed E-state index contributed by atoms with van der Waals surface area (Å²) in [7, 11) is 0. The zero-order valence-corrected chi connectivity index (χ0v) is 21.4. The molecule has 8 nitrogen and oxygen atoms in total. The summed E-state index contributed by atoms with van der Waals surface area (Å²) >= 11 is 0. The number of carbonyl (C=O) groups excluding carboxylic acids is 1. The van der Waals surface area contributed by atoms with Gasteiger partial charge in [-0.25, -0.2) is 0 Å². The summed E-state index contributed by atoms with van der Waals surface area (Å²) in [6.07, 6.45) is 1.15. The molecule has 3 aromatic rings. The van der Waals surface area contributed by atoms with Crippen molar-refractivity contribution in [3.05, 3.63) is 93.0 Å². The lowest BCUT2D eigenvalue weighted by atomic mass is 9.99. The second-order valence-corrected chi connectivity index (χ2v) is 9.57. The molecule has 1 saturated heterocycles. The molecule has 2 atom stereocenters. The van der Waals surface area contributed by atoms with Crippen LogP contribution in [-0.2, 0) is 11.3 Å². The van der Waals surface area contributed by atoms with Gasteiger partial charge in [-0.3, -0.25) is 14.2 Å². The van der Waals surface area contributed by atoms with Crippen LogP contribution in [0.15, 0.2) is 59.4 Å². The molecule has 37 heavy (non-hydrogen) atoms. The number of aromatic nitrogens is 2. The van der Waals surface area contributed by atoms with E-state index in [1.807, 2.05) is 57.2 Å². The quantitative estimate of drug-likeness (QED) is 0.492. The minimum absolute atomic E-state index is 0.0107. The number of carbonyl (C=O) groups is 1. The molecule has 1 aliphatic rings. The number of aromatic hydroxyl groups is 1. The van der Waals surface area contributed by atoms with E-state index in [-0.39, 0.29) is 30.0 Å². The summed E-state index contributed by atoms with van der Waals surface area (Å²) in [4.78, 5) is 33.4. The average molecular weight is 501 g/mol. The van der Waals surface area contributed by atoms with Crippen LogP contribution in [-0.4, -0.2) is 44.7 Å². The molecule has 0 aliphatic carbocycles. The van der Waals surface area contributed by atoms with Crippen LogP contribution in [0.3, 0.4) is 0 Å². The highest BCUT2D eigenvalue weighted by Gasteiger charge is 2.33. The summed E-state index contributed by atoms with van der Waals surface area (Å²) < 4.78 is 7.18. The van der Waals surface area contributed by atoms with Gasteiger partial charge in [0, 0.05) is 19.0 Å². The number of ether oxygens (including phenoxy) is 1. The van der Waals surface area contributed by atoms with Gasteiger partial charge in [0.2, 0.25) is 5.88 Å². The Bertz CT molecular complexity index is 1360. The topological polar surface area (TPSA) is 108 Å². The van der Waals surface area contributed by atoms with E-state index in [0.29, 0.717) is 25.1 Å². The summed E-state index contributed by atoms with van der Waals surface area (Å²) in [6, 6.07) is 18.6. The Hall–Kier alpha value is -3.96. The number of amides is 1. The maximum Gasteiger partial charge on any atom is 0.270 e. The Morgan fingerprint density at radius 3 is 2.65 bits per heavy atom. The molecule has 1 unspecified atom stereocenters. The number of rotatable bonds is 8. The number of hydrogen-bond acceptors (Lipinski definition) is 6. The first-order valence-electron chi connectivity index (χ1n) is 12.6. The van der Waals surface area contributed by atoms with Crippen LogP contribution in [0.2, 0.25) is 0 Å². The third kappa shape index (κ3) is 5.57. The van der Waals surface area contributed by atoms with E-state index >= 15 is 0 Å². The van der Waals surface area contributed by atoms with Crippen LogP contribution in [0.1, 0.15) is 78.4 Å². The van der Waals surface area contributed by atoms with E-state index in [4.69, 9.17) is 4.74 Å². The highest BCUT2D eigenvalue weighted by Crippen LogP contribution is 2.30. The van der Waals surface area contributed by atoms with Gasteiger partial charge in [0.15, 0.2) is 5.56 Å². The molecule has 1 N–H and O–H groups in total. The summed E-state index contributed by atoms with van der Waals surface area (Å²) in [5.74, 6) is -0.722. The van der Waals surface area contributed by atoms with Gasteiger partial charge in [-0.15, -0.1) is 0 Å². The second-order valence-electron chi connectivity index (χ2n) is 9.57. The van der Waals surface area contributed by atoms with Crippen LogP contribution < -0.4 is 5.56 Å². The van der Waals surface area contributed by atoms with E-state index in [1.54, 1.807) is 23.1 Å². The van der Waals surface area contributed by atoms with Gasteiger partial charge in [-0.2, -0.15) is 10.2 Å². The van der Waals surface area contributed by atoms with Crippen LogP contribution in [0.4, 0.5) is 0 Å². The van der Waals surface area contributed by atoms with E-state index in [1.165, 1.54) is 4.57 Å². The first-order valence-corrected chi connectivity index (χ1v) is 12.6. The van der Waals surface area contributed by atoms with Gasteiger partial charge in [-0.1, -0.05) is 49.4 Å². The largest absolute Gasteiger partial charge is 0.493 e. The molecular formula is C29H32N4O4. The minimum Gasteiger partial charge on any atom is -0.493 e. The molecule has 2 heterocycles. The Balaban J connectivity index is 1.76. The molecule has 0 radical (unpaired) electrons. The standard InChI is InChI=1S/C29H32N4O4/c1-4-24(22-12-8-9-20(15-22)16-30)33-25(18-37-19(2)3)31-27(34)26(29(33)36)28(35)32-14-13-23(17-32)21-10-6-5-7-11-21/h5-12,15,19,23-24,34H,4,13-14,17-18H2,1-3H3/t23-,24?/m0/s1. The van der Waals surface area contributed by atoms with Crippen molar-refractivity contribution in [2.45, 2.75) is 58.3 Å². The van der Waals surface area contributed by atoms with Crippen LogP contribution >= 0.6 is 0 Å². The Morgan fingerprint density at radius 1 is 1.22 bits per heavy atom. The molecule has 1 fully saturated rings. The van der Waals surface area contributed by atoms with Crippen molar-refractivity contribution in [3.8, 4) is 11.9 Å². The normalized spacial score (nSPS) is 16.1. The average Bonchev–Trinajstić information content (AvgIpc) is 3.40. The number of hydrogen-bond donors (Lipinski definition) is 1. The predicted molar refractivity (Wildman–Crippen MR) is 139 cm³/mol. The first-order chi connectivity index (χ1) is 17.8. The number of nitrogens with zero attached hydrogens (tertiary/aromatic N) is 4. The molecule has 8 heteroatoms. The van der Waals surface area contributed by atoms with Crippen molar-refractivity contribution in [1.29, 1.82) is 5.26 Å². The summed E-state index contributed by atoms with van der Waals surface area (Å²) in [5.41, 5.74) is 1.40. The minimum atomic E-state index is -0.614. The zero-order valence-electron chi connectivity index (χ0n) is 21.4. The van der Waals surface area contributed by atoms with Crippen molar-refractivity contribution in [1.82, 2.24) is 14.5 Å². The van der Waals surface area contributed by atoms with Crippen LogP contribution in [0.25, 0.3) is 0 Å². The molecule has 0 spiro atoms. The van der Waals surface area contributed by atoms with Crippen molar-refractivity contribution >= 4 is 5.91 Å². The van der Waals surface area contributed by atoms with E-state index in [9.17, 15) is 20.0 Å². The number of likely N-dealkylation sites (tertiary alicyclic amines) is 1. The predicted octanol–water partition coefficient (Wildman–Crippen LogP) is 4.37. The molecule has 1 aromatic heterocycles. The fourth-order valence-corrected chi connectivity index (χ4v) is 4.90. The molecule has 1 amide bonds. The molecular weight excluding hydrogens is 468 g/mol. The highest BCUT2D eigenvalue weighted by molar-refractivity contribution is 5.96. The summed E-state index contributed by atoms with van der Waals surface area (Å²) in [5, 5.41) is 20.2. The fraction of sp³-hybridized carbons (Fsp3) is 0.379. The van der Waals surface area contributed by atoms with Crippen molar-refractivity contribution in [3.63, 3.8) is 0 Å². The van der Waals surface area contributed by atoms with Crippen LogP contribution in [0, 0.1) is 11.3 Å². The van der Waals surface area contributed by atoms with E-state index in [2.05, 4.69) is 11.1 Å². The fourth-order valence-electron chi connectivity index (χ4n) is 4.90. The molecule has 2 aromatic carbocycles. The first kappa shape index (κ1) is 26.1. The second kappa shape index (κ2) is 11.4. The lowest BCUT2D eigenvalue weighted by Gasteiger charge is -2.25. The van der Waals surface area contributed by atoms with Crippen molar-refractivity contribution < 1.29 is 14.6 Å². The van der Waals surface area contributed by atoms with Crippen molar-refractivity contribution in [2.24, 2.45) is 0 Å². The number of nitriles is 1. The van der Waals surface area contributed by atoms with Gasteiger partial charge < -0.3 is 14.7 Å². The zero-order chi connectivity index (χ0) is 26.5. The Labute approximate surface area is 216 Å². The monoisotopic (exact) mass is 500 g/mol. The number of benzene rings is 2. The van der Waals surface area contributed by atoms with Crippen LogP contribution in [0.5, 0.6) is 5.88 Å². The van der Waals surface area contributed by atoms with Crippen molar-refractivity contribution in [2.75, 3.05) is 13.1 Å². The lowest BCUT2D eigenvalue weighted by molar-refractivity contribution is 0.0572. The molecule has 0 bridgehead atoms. The Morgan fingerprint density at radius 2 is 1.97 bits per heavy atom. The SMILES string of the molecule is CCC(c1cccc(C#N)c1)n1c(COC(C)C)nc(O)c(C(=O)N2CC[C@H](c3ccccc3)C2)c1=O. The van der Waals surface area contributed by atoms with Gasteiger partial charge >= 0.3 is 0 Å². The molecule has 192 valence electrons. The lowest BCUT2D eigenvalue weighted by Crippen LogP contribution is -2.39. The van der Waals surface area contributed by atoms with Gasteiger partial charge in [0.1, 0.15) is 12.4 Å². The maximum absolute atomic E-state index is 13.9. The van der Waals surface area contributed by atoms with Gasteiger partial charge in [0.05, 0.1) is 23.8 Å². The highest BCUT2D eigenvalue weighted by atomic mass is 16.5. The van der Waals surface area contributed by atoms with E-state index < -0.39 is 23.4 Å². The van der Waals surface area contributed by atoms with Gasteiger partial charge in [0.25, 0.3) is 11.5 Å². The smallest absolute Gasteiger partial charge is 0.270 e. The third-order valence-electron chi connectivity index (χ3n) is 6.77. The molecule has 4 rings (SSSR count). The van der Waals surface area contributed by atoms with Gasteiger partial charge in [-0.05, 0) is 49.9 Å². The third-order valence-corrected chi connectivity index (χ3v) is 6.77. The van der Waals surface area contributed by atoms with E-state index in [0.717, 1.165) is 17.5 Å². The maximum atomic E-state index is 13.9. The Kier molecular flexibility index (Phi) is 8.04. The molecule has 1 aliphatic heterocycles.